The first kappa shape index (κ1) is 15.3. The zero-order chi connectivity index (χ0) is 14.7. The number of anilines is 1. The molecule has 1 aliphatic heterocycles. The van der Waals surface area contributed by atoms with E-state index < -0.39 is 0 Å². The molecule has 1 unspecified atom stereocenters. The fourth-order valence-corrected chi connectivity index (χ4v) is 2.94. The summed E-state index contributed by atoms with van der Waals surface area (Å²) < 4.78 is 0. The Bertz CT molecular complexity index is 443. The molecule has 1 aromatic rings. The Kier molecular flexibility index (Phi) is 5.06. The molecule has 112 valence electrons. The molecule has 1 atom stereocenters. The summed E-state index contributed by atoms with van der Waals surface area (Å²) in [6, 6.07) is 7.05. The monoisotopic (exact) mass is 276 g/mol. The Hall–Kier alpha value is -1.06. The third kappa shape index (κ3) is 3.53. The molecule has 0 bridgehead atoms. The van der Waals surface area contributed by atoms with Crippen molar-refractivity contribution in [1.29, 1.82) is 0 Å². The molecule has 1 heterocycles. The summed E-state index contributed by atoms with van der Waals surface area (Å²) in [6.45, 7) is 6.55. The number of rotatable bonds is 5. The van der Waals surface area contributed by atoms with Crippen LogP contribution in [-0.2, 0) is 6.42 Å². The lowest BCUT2D eigenvalue weighted by Crippen LogP contribution is -2.35. The molecule has 0 amide bonds. The van der Waals surface area contributed by atoms with Crippen molar-refractivity contribution in [2.45, 2.75) is 45.3 Å². The SMILES string of the molecule is CC(C)N1CCCc2cc(C(O)CCN(C)C)ccc21. The number of benzene rings is 1. The Balaban J connectivity index is 2.15. The zero-order valence-electron chi connectivity index (χ0n) is 13.3. The summed E-state index contributed by atoms with van der Waals surface area (Å²) in [5.41, 5.74) is 3.82. The van der Waals surface area contributed by atoms with Gasteiger partial charge in [-0.15, -0.1) is 0 Å². The maximum Gasteiger partial charge on any atom is 0.0802 e. The van der Waals surface area contributed by atoms with Crippen LogP contribution in [-0.4, -0.2) is 43.2 Å². The van der Waals surface area contributed by atoms with Gasteiger partial charge in [0.1, 0.15) is 0 Å². The van der Waals surface area contributed by atoms with Gasteiger partial charge in [-0.2, -0.15) is 0 Å². The van der Waals surface area contributed by atoms with Gasteiger partial charge >= 0.3 is 0 Å². The van der Waals surface area contributed by atoms with Gasteiger partial charge in [0.05, 0.1) is 6.10 Å². The summed E-state index contributed by atoms with van der Waals surface area (Å²) in [5.74, 6) is 0. The van der Waals surface area contributed by atoms with Crippen molar-refractivity contribution in [2.24, 2.45) is 0 Å². The maximum atomic E-state index is 10.3. The van der Waals surface area contributed by atoms with Crippen molar-refractivity contribution in [3.05, 3.63) is 29.3 Å². The second-order valence-corrected chi connectivity index (χ2v) is 6.39. The summed E-state index contributed by atoms with van der Waals surface area (Å²) in [4.78, 5) is 4.58. The van der Waals surface area contributed by atoms with Gasteiger partial charge < -0.3 is 14.9 Å². The van der Waals surface area contributed by atoms with Gasteiger partial charge in [0, 0.05) is 24.8 Å². The molecule has 3 heteroatoms. The third-order valence-corrected chi connectivity index (χ3v) is 4.12. The number of aliphatic hydroxyl groups is 1. The van der Waals surface area contributed by atoms with Crippen LogP contribution in [0.2, 0.25) is 0 Å². The number of hydrogen-bond donors (Lipinski definition) is 1. The van der Waals surface area contributed by atoms with Gasteiger partial charge in [0.2, 0.25) is 0 Å². The third-order valence-electron chi connectivity index (χ3n) is 4.12. The van der Waals surface area contributed by atoms with E-state index in [0.29, 0.717) is 6.04 Å². The highest BCUT2D eigenvalue weighted by molar-refractivity contribution is 5.57. The van der Waals surface area contributed by atoms with Crippen LogP contribution in [0.1, 0.15) is 43.9 Å². The maximum absolute atomic E-state index is 10.3. The van der Waals surface area contributed by atoms with Crippen LogP contribution in [0.5, 0.6) is 0 Å². The van der Waals surface area contributed by atoms with Gasteiger partial charge in [-0.25, -0.2) is 0 Å². The first-order chi connectivity index (χ1) is 9.49. The van der Waals surface area contributed by atoms with Crippen molar-refractivity contribution in [3.8, 4) is 0 Å². The zero-order valence-corrected chi connectivity index (χ0v) is 13.3. The highest BCUT2D eigenvalue weighted by Crippen LogP contribution is 2.31. The lowest BCUT2D eigenvalue weighted by atomic mass is 9.95. The number of fused-ring (bicyclic) bond motifs is 1. The average Bonchev–Trinajstić information content (AvgIpc) is 2.43. The van der Waals surface area contributed by atoms with Crippen molar-refractivity contribution >= 4 is 5.69 Å². The second kappa shape index (κ2) is 6.59. The molecule has 1 aliphatic rings. The van der Waals surface area contributed by atoms with Gasteiger partial charge in [-0.05, 0) is 64.4 Å². The molecule has 0 aliphatic carbocycles. The molecule has 0 spiro atoms. The topological polar surface area (TPSA) is 26.7 Å². The van der Waals surface area contributed by atoms with E-state index in [1.165, 1.54) is 17.7 Å². The summed E-state index contributed by atoms with van der Waals surface area (Å²) in [7, 11) is 4.08. The lowest BCUT2D eigenvalue weighted by molar-refractivity contribution is 0.154. The molecule has 1 aromatic carbocycles. The first-order valence-corrected chi connectivity index (χ1v) is 7.71. The van der Waals surface area contributed by atoms with E-state index in [4.69, 9.17) is 0 Å². The summed E-state index contributed by atoms with van der Waals surface area (Å²) >= 11 is 0. The van der Waals surface area contributed by atoms with Gasteiger partial charge in [-0.3, -0.25) is 0 Å². The molecule has 0 aromatic heterocycles. The van der Waals surface area contributed by atoms with Crippen molar-refractivity contribution < 1.29 is 5.11 Å². The van der Waals surface area contributed by atoms with Crippen molar-refractivity contribution in [1.82, 2.24) is 4.90 Å². The van der Waals surface area contributed by atoms with E-state index in [9.17, 15) is 5.11 Å². The number of aryl methyl sites for hydroxylation is 1. The highest BCUT2D eigenvalue weighted by atomic mass is 16.3. The minimum atomic E-state index is -0.350. The molecular formula is C17H28N2O. The normalized spacial score (nSPS) is 16.6. The minimum Gasteiger partial charge on any atom is -0.388 e. The number of aliphatic hydroxyl groups excluding tert-OH is 1. The Morgan fingerprint density at radius 2 is 2.05 bits per heavy atom. The minimum absolute atomic E-state index is 0.350. The summed E-state index contributed by atoms with van der Waals surface area (Å²) in [6.07, 6.45) is 2.78. The van der Waals surface area contributed by atoms with Crippen molar-refractivity contribution in [2.75, 3.05) is 32.1 Å². The van der Waals surface area contributed by atoms with Crippen LogP contribution in [0, 0.1) is 0 Å². The molecule has 0 saturated carbocycles. The molecule has 20 heavy (non-hydrogen) atoms. The van der Waals surface area contributed by atoms with E-state index in [0.717, 1.165) is 31.5 Å². The lowest BCUT2D eigenvalue weighted by Gasteiger charge is -2.35. The molecule has 3 nitrogen and oxygen atoms in total. The molecule has 0 radical (unpaired) electrons. The predicted octanol–water partition coefficient (Wildman–Crippen LogP) is 2.83. The fraction of sp³-hybridized carbons (Fsp3) is 0.647. The van der Waals surface area contributed by atoms with Crippen LogP contribution in [0.15, 0.2) is 18.2 Å². The molecular weight excluding hydrogens is 248 g/mol. The standard InChI is InChI=1S/C17H28N2O/c1-13(2)19-10-5-6-14-12-15(7-8-16(14)19)17(20)9-11-18(3)4/h7-8,12-13,17,20H,5-6,9-11H2,1-4H3. The Morgan fingerprint density at radius 1 is 1.30 bits per heavy atom. The molecule has 0 fully saturated rings. The van der Waals surface area contributed by atoms with E-state index in [2.05, 4.69) is 41.8 Å². The molecule has 0 saturated heterocycles. The largest absolute Gasteiger partial charge is 0.388 e. The van der Waals surface area contributed by atoms with Gasteiger partial charge in [-0.1, -0.05) is 12.1 Å². The van der Waals surface area contributed by atoms with E-state index in [-0.39, 0.29) is 6.10 Å². The van der Waals surface area contributed by atoms with E-state index >= 15 is 0 Å². The Labute approximate surface area is 123 Å². The number of hydrogen-bond acceptors (Lipinski definition) is 3. The van der Waals surface area contributed by atoms with E-state index in [1.54, 1.807) is 0 Å². The van der Waals surface area contributed by atoms with Crippen LogP contribution in [0.25, 0.3) is 0 Å². The van der Waals surface area contributed by atoms with Crippen LogP contribution in [0.4, 0.5) is 5.69 Å². The smallest absolute Gasteiger partial charge is 0.0802 e. The second-order valence-electron chi connectivity index (χ2n) is 6.39. The predicted molar refractivity (Wildman–Crippen MR) is 85.4 cm³/mol. The fourth-order valence-electron chi connectivity index (χ4n) is 2.94. The quantitative estimate of drug-likeness (QED) is 0.896. The number of nitrogens with zero attached hydrogens (tertiary/aromatic N) is 2. The summed E-state index contributed by atoms with van der Waals surface area (Å²) in [5, 5.41) is 10.3. The highest BCUT2D eigenvalue weighted by Gasteiger charge is 2.20. The van der Waals surface area contributed by atoms with Crippen LogP contribution < -0.4 is 4.90 Å². The van der Waals surface area contributed by atoms with Gasteiger partial charge in [0.25, 0.3) is 0 Å². The van der Waals surface area contributed by atoms with Crippen LogP contribution >= 0.6 is 0 Å². The molecule has 1 N–H and O–H groups in total. The Morgan fingerprint density at radius 3 is 2.70 bits per heavy atom. The average molecular weight is 276 g/mol. The van der Waals surface area contributed by atoms with Gasteiger partial charge in [0.15, 0.2) is 0 Å². The van der Waals surface area contributed by atoms with Crippen molar-refractivity contribution in [3.63, 3.8) is 0 Å². The molecule has 2 rings (SSSR count). The van der Waals surface area contributed by atoms with E-state index in [1.807, 2.05) is 14.1 Å². The van der Waals surface area contributed by atoms with Crippen LogP contribution in [0.3, 0.4) is 0 Å². The first-order valence-electron chi connectivity index (χ1n) is 7.71.